The molecule has 0 heterocycles. The average Bonchev–Trinajstić information content (AvgIpc) is 2.92. The topological polar surface area (TPSA) is 64.3 Å². The van der Waals surface area contributed by atoms with E-state index in [-0.39, 0.29) is 5.91 Å². The molecule has 4 nitrogen and oxygen atoms in total. The number of nitrogens with two attached hydrogens (primary N) is 1. The van der Waals surface area contributed by atoms with Crippen LogP contribution in [0.5, 0.6) is 5.75 Å². The van der Waals surface area contributed by atoms with E-state index in [2.05, 4.69) is 12.2 Å². The first-order chi connectivity index (χ1) is 10.1. The van der Waals surface area contributed by atoms with Gasteiger partial charge in [0.25, 0.3) is 0 Å². The number of carbonyl (C=O) groups excluding carboxylic acids is 1. The van der Waals surface area contributed by atoms with Crippen LogP contribution in [0, 0.1) is 6.92 Å². The minimum absolute atomic E-state index is 0.0134. The zero-order valence-electron chi connectivity index (χ0n) is 12.9. The van der Waals surface area contributed by atoms with Crippen LogP contribution in [0.25, 0.3) is 0 Å². The maximum atomic E-state index is 12.0. The third-order valence-corrected chi connectivity index (χ3v) is 4.09. The second-order valence-electron chi connectivity index (χ2n) is 5.99. The summed E-state index contributed by atoms with van der Waals surface area (Å²) >= 11 is 0. The maximum Gasteiger partial charge on any atom is 0.240 e. The molecule has 0 spiro atoms. The average molecular weight is 290 g/mol. The van der Waals surface area contributed by atoms with Crippen LogP contribution < -0.4 is 15.8 Å². The van der Waals surface area contributed by atoms with Crippen LogP contribution >= 0.6 is 0 Å². The van der Waals surface area contributed by atoms with Gasteiger partial charge in [-0.1, -0.05) is 30.5 Å². The summed E-state index contributed by atoms with van der Waals surface area (Å²) in [7, 11) is 0. The minimum atomic E-state index is -0.613. The second-order valence-corrected chi connectivity index (χ2v) is 5.99. The highest BCUT2D eigenvalue weighted by Gasteiger charge is 2.36. The number of hydrogen-bond acceptors (Lipinski definition) is 3. The molecule has 0 bridgehead atoms. The summed E-state index contributed by atoms with van der Waals surface area (Å²) in [5.41, 5.74) is 6.71. The Hall–Kier alpha value is -1.55. The Morgan fingerprint density at radius 3 is 2.57 bits per heavy atom. The standard InChI is InChI=1S/C17H26N2O2/c1-14-6-8-15(9-7-14)21-13-5-4-12-19-16(20)17(18)10-2-3-11-17/h6-9H,2-5,10-13,18H2,1H3,(H,19,20). The van der Waals surface area contributed by atoms with Gasteiger partial charge in [-0.15, -0.1) is 0 Å². The van der Waals surface area contributed by atoms with Crippen molar-refractivity contribution in [3.05, 3.63) is 29.8 Å². The normalized spacial score (nSPS) is 16.7. The summed E-state index contributed by atoms with van der Waals surface area (Å²) in [5, 5.41) is 2.95. The van der Waals surface area contributed by atoms with E-state index in [1.807, 2.05) is 24.3 Å². The molecule has 0 saturated heterocycles. The Morgan fingerprint density at radius 2 is 1.90 bits per heavy atom. The van der Waals surface area contributed by atoms with Gasteiger partial charge in [-0.3, -0.25) is 4.79 Å². The molecule has 2 rings (SSSR count). The van der Waals surface area contributed by atoms with Crippen LogP contribution in [0.1, 0.15) is 44.1 Å². The molecule has 116 valence electrons. The van der Waals surface area contributed by atoms with Gasteiger partial charge < -0.3 is 15.8 Å². The molecule has 0 unspecified atom stereocenters. The van der Waals surface area contributed by atoms with E-state index in [4.69, 9.17) is 10.5 Å². The molecule has 1 fully saturated rings. The van der Waals surface area contributed by atoms with Crippen LogP contribution in [0.3, 0.4) is 0 Å². The summed E-state index contributed by atoms with van der Waals surface area (Å²) in [4.78, 5) is 12.0. The number of hydrogen-bond donors (Lipinski definition) is 2. The summed E-state index contributed by atoms with van der Waals surface area (Å²) in [6.07, 6.45) is 5.59. The quantitative estimate of drug-likeness (QED) is 0.759. The lowest BCUT2D eigenvalue weighted by atomic mass is 9.98. The molecule has 4 heteroatoms. The Morgan fingerprint density at radius 1 is 1.24 bits per heavy atom. The number of aryl methyl sites for hydroxylation is 1. The van der Waals surface area contributed by atoms with Crippen molar-refractivity contribution in [2.24, 2.45) is 5.73 Å². The molecular weight excluding hydrogens is 264 g/mol. The fourth-order valence-electron chi connectivity index (χ4n) is 2.66. The van der Waals surface area contributed by atoms with Crippen LogP contribution in [0.2, 0.25) is 0 Å². The number of nitrogens with one attached hydrogen (secondary N) is 1. The first-order valence-corrected chi connectivity index (χ1v) is 7.87. The van der Waals surface area contributed by atoms with E-state index < -0.39 is 5.54 Å². The van der Waals surface area contributed by atoms with E-state index in [1.165, 1.54) is 5.56 Å². The van der Waals surface area contributed by atoms with Crippen molar-refractivity contribution in [3.8, 4) is 5.75 Å². The molecule has 0 radical (unpaired) electrons. The van der Waals surface area contributed by atoms with Crippen LogP contribution in [0.4, 0.5) is 0 Å². The fraction of sp³-hybridized carbons (Fsp3) is 0.588. The van der Waals surface area contributed by atoms with Crippen molar-refractivity contribution in [2.75, 3.05) is 13.2 Å². The summed E-state index contributed by atoms with van der Waals surface area (Å²) in [6.45, 7) is 3.41. The van der Waals surface area contributed by atoms with E-state index >= 15 is 0 Å². The Labute approximate surface area is 127 Å². The molecule has 1 aliphatic carbocycles. The van der Waals surface area contributed by atoms with Gasteiger partial charge in [0.1, 0.15) is 5.75 Å². The molecule has 3 N–H and O–H groups in total. The van der Waals surface area contributed by atoms with Crippen molar-refractivity contribution >= 4 is 5.91 Å². The summed E-state index contributed by atoms with van der Waals surface area (Å²) in [5.74, 6) is 0.913. The van der Waals surface area contributed by atoms with Gasteiger partial charge in [-0.05, 0) is 44.7 Å². The molecule has 0 aromatic heterocycles. The summed E-state index contributed by atoms with van der Waals surface area (Å²) < 4.78 is 5.65. The monoisotopic (exact) mass is 290 g/mol. The smallest absolute Gasteiger partial charge is 0.240 e. The number of benzene rings is 1. The van der Waals surface area contributed by atoms with Gasteiger partial charge in [0, 0.05) is 6.54 Å². The van der Waals surface area contributed by atoms with Crippen molar-refractivity contribution in [1.82, 2.24) is 5.32 Å². The Balaban J connectivity index is 1.56. The molecule has 1 aromatic rings. The highest BCUT2D eigenvalue weighted by molar-refractivity contribution is 5.86. The zero-order valence-corrected chi connectivity index (χ0v) is 12.9. The number of amides is 1. The van der Waals surface area contributed by atoms with Crippen molar-refractivity contribution in [1.29, 1.82) is 0 Å². The van der Waals surface area contributed by atoms with Crippen LogP contribution in [0.15, 0.2) is 24.3 Å². The predicted octanol–water partition coefficient (Wildman–Crippen LogP) is 2.54. The lowest BCUT2D eigenvalue weighted by Gasteiger charge is -2.22. The molecule has 0 aliphatic heterocycles. The predicted molar refractivity (Wildman–Crippen MR) is 84.3 cm³/mol. The van der Waals surface area contributed by atoms with Gasteiger partial charge in [0.15, 0.2) is 0 Å². The molecule has 1 amide bonds. The van der Waals surface area contributed by atoms with E-state index in [0.29, 0.717) is 13.2 Å². The third-order valence-electron chi connectivity index (χ3n) is 4.09. The van der Waals surface area contributed by atoms with E-state index in [9.17, 15) is 4.79 Å². The number of carbonyl (C=O) groups is 1. The van der Waals surface area contributed by atoms with Crippen molar-refractivity contribution in [3.63, 3.8) is 0 Å². The van der Waals surface area contributed by atoms with Gasteiger partial charge in [0.2, 0.25) is 5.91 Å². The Kier molecular flexibility index (Phi) is 5.62. The SMILES string of the molecule is Cc1ccc(OCCCCNC(=O)C2(N)CCCC2)cc1. The number of ether oxygens (including phenoxy) is 1. The zero-order chi connectivity index (χ0) is 15.1. The van der Waals surface area contributed by atoms with Crippen molar-refractivity contribution < 1.29 is 9.53 Å². The lowest BCUT2D eigenvalue weighted by molar-refractivity contribution is -0.126. The van der Waals surface area contributed by atoms with E-state index in [1.54, 1.807) is 0 Å². The largest absolute Gasteiger partial charge is 0.494 e. The van der Waals surface area contributed by atoms with Gasteiger partial charge >= 0.3 is 0 Å². The first kappa shape index (κ1) is 15.8. The fourth-order valence-corrected chi connectivity index (χ4v) is 2.66. The van der Waals surface area contributed by atoms with E-state index in [0.717, 1.165) is 44.3 Å². The highest BCUT2D eigenvalue weighted by atomic mass is 16.5. The minimum Gasteiger partial charge on any atom is -0.494 e. The molecular formula is C17H26N2O2. The van der Waals surface area contributed by atoms with Gasteiger partial charge in [0.05, 0.1) is 12.1 Å². The number of rotatable bonds is 7. The molecule has 1 aromatic carbocycles. The van der Waals surface area contributed by atoms with Gasteiger partial charge in [-0.2, -0.15) is 0 Å². The summed E-state index contributed by atoms with van der Waals surface area (Å²) in [6, 6.07) is 8.04. The second kappa shape index (κ2) is 7.46. The van der Waals surface area contributed by atoms with Crippen LogP contribution in [-0.4, -0.2) is 24.6 Å². The lowest BCUT2D eigenvalue weighted by Crippen LogP contribution is -2.52. The van der Waals surface area contributed by atoms with Crippen LogP contribution in [-0.2, 0) is 4.79 Å². The third kappa shape index (κ3) is 4.74. The molecule has 21 heavy (non-hydrogen) atoms. The highest BCUT2D eigenvalue weighted by Crippen LogP contribution is 2.27. The Bertz CT molecular complexity index is 450. The molecule has 1 aliphatic rings. The van der Waals surface area contributed by atoms with Gasteiger partial charge in [-0.25, -0.2) is 0 Å². The maximum absolute atomic E-state index is 12.0. The molecule has 1 saturated carbocycles. The van der Waals surface area contributed by atoms with Crippen molar-refractivity contribution in [2.45, 2.75) is 51.0 Å². The number of unbranched alkanes of at least 4 members (excludes halogenated alkanes) is 1. The first-order valence-electron chi connectivity index (χ1n) is 7.87. The molecule has 0 atom stereocenters.